The molecule has 1 atom stereocenters. The number of rotatable bonds is 6. The lowest BCUT2D eigenvalue weighted by Gasteiger charge is -2.15. The topological polar surface area (TPSA) is 86.4 Å². The van der Waals surface area contributed by atoms with E-state index < -0.39 is 0 Å². The van der Waals surface area contributed by atoms with Crippen molar-refractivity contribution in [1.29, 1.82) is 5.26 Å². The van der Waals surface area contributed by atoms with Gasteiger partial charge in [0.1, 0.15) is 11.1 Å². The number of quaternary nitrogens is 1. The lowest BCUT2D eigenvalue weighted by atomic mass is 9.96. The largest absolute Gasteiger partial charge is 0.322 e. The number of nitrogens with one attached hydrogen (secondary N) is 3. The Balaban J connectivity index is 1.56. The first-order valence-electron chi connectivity index (χ1n) is 9.91. The Morgan fingerprint density at radius 3 is 2.55 bits per heavy atom. The molecule has 6 nitrogen and oxygen atoms in total. The van der Waals surface area contributed by atoms with Gasteiger partial charge in [-0.25, -0.2) is 0 Å². The summed E-state index contributed by atoms with van der Waals surface area (Å²) in [5, 5.41) is 16.0. The number of nitrogens with zero attached hydrogens (tertiary/aromatic N) is 1. The first-order chi connectivity index (χ1) is 13.9. The number of anilines is 2. The highest BCUT2D eigenvalue weighted by Crippen LogP contribution is 2.37. The van der Waals surface area contributed by atoms with Crippen molar-refractivity contribution in [1.82, 2.24) is 0 Å². The molecule has 1 aromatic heterocycles. The standard InChI is InChI=1S/C22H26N4O2S/c1-14-7-6-9-18(15(14)2)24-20(27)12-26(3)13-21(28)25-22-17(11-23)16-8-4-5-10-19(16)29-22/h6-7,9H,4-5,8,10,12-13H2,1-3H3,(H,24,27)(H,25,28)/p+1. The molecule has 0 aliphatic heterocycles. The van der Waals surface area contributed by atoms with Crippen LogP contribution in [0.5, 0.6) is 0 Å². The van der Waals surface area contributed by atoms with E-state index in [9.17, 15) is 14.9 Å². The molecule has 7 heteroatoms. The van der Waals surface area contributed by atoms with E-state index in [0.29, 0.717) is 10.6 Å². The predicted octanol–water partition coefficient (Wildman–Crippen LogP) is 2.21. The summed E-state index contributed by atoms with van der Waals surface area (Å²) in [5.41, 5.74) is 4.68. The number of carbonyl (C=O) groups excluding carboxylic acids is 2. The number of nitriles is 1. The maximum Gasteiger partial charge on any atom is 0.280 e. The van der Waals surface area contributed by atoms with Gasteiger partial charge in [-0.2, -0.15) is 5.26 Å². The molecule has 2 amide bonds. The summed E-state index contributed by atoms with van der Waals surface area (Å²) in [6, 6.07) is 8.05. The first-order valence-corrected chi connectivity index (χ1v) is 10.7. The van der Waals surface area contributed by atoms with Crippen LogP contribution in [-0.4, -0.2) is 32.0 Å². The molecule has 0 saturated heterocycles. The van der Waals surface area contributed by atoms with Gasteiger partial charge in [0.05, 0.1) is 12.6 Å². The number of amides is 2. The Labute approximate surface area is 175 Å². The second kappa shape index (κ2) is 9.21. The fourth-order valence-electron chi connectivity index (χ4n) is 3.63. The summed E-state index contributed by atoms with van der Waals surface area (Å²) in [6.07, 6.45) is 4.12. The highest BCUT2D eigenvalue weighted by atomic mass is 32.1. The molecule has 0 fully saturated rings. The average molecular weight is 412 g/mol. The van der Waals surface area contributed by atoms with Crippen molar-refractivity contribution in [3.63, 3.8) is 0 Å². The molecule has 1 aliphatic rings. The van der Waals surface area contributed by atoms with E-state index in [1.807, 2.05) is 39.1 Å². The third-order valence-electron chi connectivity index (χ3n) is 5.34. The summed E-state index contributed by atoms with van der Waals surface area (Å²) < 4.78 is 0. The fraction of sp³-hybridized carbons (Fsp3) is 0.409. The van der Waals surface area contributed by atoms with Crippen LogP contribution in [0.2, 0.25) is 0 Å². The molecule has 0 bridgehead atoms. The van der Waals surface area contributed by atoms with E-state index in [2.05, 4.69) is 16.7 Å². The molecule has 1 aliphatic carbocycles. The van der Waals surface area contributed by atoms with Crippen molar-refractivity contribution in [3.8, 4) is 6.07 Å². The number of hydrogen-bond acceptors (Lipinski definition) is 4. The highest BCUT2D eigenvalue weighted by Gasteiger charge is 2.23. The third kappa shape index (κ3) is 5.03. The molecule has 1 aromatic carbocycles. The predicted molar refractivity (Wildman–Crippen MR) is 115 cm³/mol. The summed E-state index contributed by atoms with van der Waals surface area (Å²) in [5.74, 6) is -0.314. The second-order valence-corrected chi connectivity index (χ2v) is 8.79. The zero-order valence-electron chi connectivity index (χ0n) is 17.1. The molecule has 0 saturated carbocycles. The maximum atomic E-state index is 12.5. The van der Waals surface area contributed by atoms with Crippen LogP contribution in [0.4, 0.5) is 10.7 Å². The van der Waals surface area contributed by atoms with Crippen molar-refractivity contribution in [2.45, 2.75) is 39.5 Å². The summed E-state index contributed by atoms with van der Waals surface area (Å²) in [7, 11) is 1.81. The fourth-order valence-corrected chi connectivity index (χ4v) is 4.89. The van der Waals surface area contributed by atoms with E-state index in [4.69, 9.17) is 0 Å². The smallest absolute Gasteiger partial charge is 0.280 e. The van der Waals surface area contributed by atoms with Gasteiger partial charge < -0.3 is 15.5 Å². The van der Waals surface area contributed by atoms with Gasteiger partial charge in [0.15, 0.2) is 13.1 Å². The van der Waals surface area contributed by atoms with Gasteiger partial charge in [0, 0.05) is 10.6 Å². The first kappa shape index (κ1) is 21.0. The molecule has 0 spiro atoms. The molecule has 152 valence electrons. The van der Waals surface area contributed by atoms with Crippen LogP contribution in [0.1, 0.15) is 40.0 Å². The van der Waals surface area contributed by atoms with Crippen molar-refractivity contribution >= 4 is 33.8 Å². The van der Waals surface area contributed by atoms with Gasteiger partial charge in [-0.15, -0.1) is 11.3 Å². The minimum Gasteiger partial charge on any atom is -0.322 e. The number of thiophene rings is 1. The summed E-state index contributed by atoms with van der Waals surface area (Å²) >= 11 is 1.52. The number of aryl methyl sites for hydroxylation is 2. The molecular weight excluding hydrogens is 384 g/mol. The quantitative estimate of drug-likeness (QED) is 0.681. The van der Waals surface area contributed by atoms with Crippen LogP contribution in [-0.2, 0) is 22.4 Å². The normalized spacial score (nSPS) is 13.9. The van der Waals surface area contributed by atoms with Crippen molar-refractivity contribution < 1.29 is 14.5 Å². The summed E-state index contributed by atoms with van der Waals surface area (Å²) in [4.78, 5) is 26.8. The monoisotopic (exact) mass is 411 g/mol. The van der Waals surface area contributed by atoms with Crippen LogP contribution >= 0.6 is 11.3 Å². The number of carbonyl (C=O) groups is 2. The van der Waals surface area contributed by atoms with Crippen molar-refractivity contribution in [2.75, 3.05) is 30.8 Å². The molecule has 1 unspecified atom stereocenters. The molecule has 2 aromatic rings. The molecule has 1 heterocycles. The van der Waals surface area contributed by atoms with Gasteiger partial charge >= 0.3 is 0 Å². The number of benzene rings is 1. The van der Waals surface area contributed by atoms with Gasteiger partial charge in [-0.1, -0.05) is 12.1 Å². The van der Waals surface area contributed by atoms with Gasteiger partial charge in [-0.3, -0.25) is 9.59 Å². The number of hydrogen-bond donors (Lipinski definition) is 3. The van der Waals surface area contributed by atoms with E-state index in [1.54, 1.807) is 0 Å². The Morgan fingerprint density at radius 1 is 1.14 bits per heavy atom. The van der Waals surface area contributed by atoms with Gasteiger partial charge in [-0.05, 0) is 62.3 Å². The van der Waals surface area contributed by atoms with Crippen LogP contribution in [0, 0.1) is 25.2 Å². The Bertz CT molecular complexity index is 974. The third-order valence-corrected chi connectivity index (χ3v) is 6.55. The van der Waals surface area contributed by atoms with E-state index in [0.717, 1.165) is 53.0 Å². The van der Waals surface area contributed by atoms with Crippen molar-refractivity contribution in [2.24, 2.45) is 0 Å². The zero-order chi connectivity index (χ0) is 21.0. The maximum absolute atomic E-state index is 12.5. The van der Waals surface area contributed by atoms with Crippen LogP contribution in [0.3, 0.4) is 0 Å². The lowest BCUT2D eigenvalue weighted by molar-refractivity contribution is -0.862. The minimum absolute atomic E-state index is 0.131. The van der Waals surface area contributed by atoms with Crippen LogP contribution in [0.15, 0.2) is 18.2 Å². The van der Waals surface area contributed by atoms with E-state index in [1.165, 1.54) is 16.2 Å². The Kier molecular flexibility index (Phi) is 6.68. The number of likely N-dealkylation sites (N-methyl/N-ethyl adjacent to an activating group) is 1. The molecular formula is C22H27N4O2S+. The lowest BCUT2D eigenvalue weighted by Crippen LogP contribution is -3.11. The Hall–Kier alpha value is -2.69. The van der Waals surface area contributed by atoms with Crippen LogP contribution < -0.4 is 15.5 Å². The summed E-state index contributed by atoms with van der Waals surface area (Å²) in [6.45, 7) is 4.33. The van der Waals surface area contributed by atoms with Crippen molar-refractivity contribution in [3.05, 3.63) is 45.3 Å². The van der Waals surface area contributed by atoms with Gasteiger partial charge in [0.2, 0.25) is 0 Å². The molecule has 3 rings (SSSR count). The van der Waals surface area contributed by atoms with E-state index in [-0.39, 0.29) is 24.9 Å². The molecule has 0 radical (unpaired) electrons. The Morgan fingerprint density at radius 2 is 1.83 bits per heavy atom. The van der Waals surface area contributed by atoms with Crippen LogP contribution in [0.25, 0.3) is 0 Å². The van der Waals surface area contributed by atoms with Gasteiger partial charge in [0.25, 0.3) is 11.8 Å². The average Bonchev–Trinajstić information content (AvgIpc) is 3.01. The SMILES string of the molecule is Cc1cccc(NC(=O)C[NH+](C)CC(=O)Nc2sc3c(c2C#N)CCCC3)c1C. The van der Waals surface area contributed by atoms with E-state index >= 15 is 0 Å². The second-order valence-electron chi connectivity index (χ2n) is 7.68. The zero-order valence-corrected chi connectivity index (χ0v) is 18.0. The number of fused-ring (bicyclic) bond motifs is 1. The minimum atomic E-state index is -0.183. The highest BCUT2D eigenvalue weighted by molar-refractivity contribution is 7.16. The molecule has 29 heavy (non-hydrogen) atoms. The molecule has 3 N–H and O–H groups in total.